The standard InChI is InChI=1S/C23H24FN3O/c1-4-15-7-5-6-8-18(15)25-22-21-19(13-23(2,3)14-20(21)28)27(26-22)17-11-9-16(24)10-12-17/h5-12H,4,13-14H2,1-3H3,(H,25,26). The molecule has 0 bridgehead atoms. The first-order valence-electron chi connectivity index (χ1n) is 9.64. The molecule has 0 amide bonds. The van der Waals surface area contributed by atoms with E-state index >= 15 is 0 Å². The first-order chi connectivity index (χ1) is 13.4. The molecule has 0 saturated carbocycles. The number of fused-ring (bicyclic) bond motifs is 1. The van der Waals surface area contributed by atoms with Crippen molar-refractivity contribution < 1.29 is 9.18 Å². The summed E-state index contributed by atoms with van der Waals surface area (Å²) >= 11 is 0. The molecule has 5 heteroatoms. The maximum atomic E-state index is 13.4. The SMILES string of the molecule is CCc1ccccc1Nc1nn(-c2ccc(F)cc2)c2c1C(=O)CC(C)(C)C2. The van der Waals surface area contributed by atoms with Crippen LogP contribution >= 0.6 is 0 Å². The van der Waals surface area contributed by atoms with Crippen LogP contribution in [0, 0.1) is 11.2 Å². The van der Waals surface area contributed by atoms with Crippen molar-refractivity contribution in [2.24, 2.45) is 5.41 Å². The molecule has 1 aromatic heterocycles. The van der Waals surface area contributed by atoms with Gasteiger partial charge in [-0.1, -0.05) is 39.0 Å². The third-order valence-electron chi connectivity index (χ3n) is 5.27. The van der Waals surface area contributed by atoms with Crippen molar-refractivity contribution in [3.8, 4) is 5.69 Å². The van der Waals surface area contributed by atoms with Gasteiger partial charge in [0, 0.05) is 12.1 Å². The van der Waals surface area contributed by atoms with E-state index in [0.717, 1.165) is 35.5 Å². The lowest BCUT2D eigenvalue weighted by molar-refractivity contribution is 0.0912. The zero-order valence-corrected chi connectivity index (χ0v) is 16.4. The quantitative estimate of drug-likeness (QED) is 0.655. The number of hydrogen-bond acceptors (Lipinski definition) is 3. The molecule has 4 rings (SSSR count). The fraction of sp³-hybridized carbons (Fsp3) is 0.304. The lowest BCUT2D eigenvalue weighted by Gasteiger charge is -2.29. The molecule has 144 valence electrons. The van der Waals surface area contributed by atoms with E-state index in [1.807, 2.05) is 18.2 Å². The highest BCUT2D eigenvalue weighted by Gasteiger charge is 2.37. The van der Waals surface area contributed by atoms with Crippen molar-refractivity contribution in [3.63, 3.8) is 0 Å². The van der Waals surface area contributed by atoms with Crippen LogP contribution in [0.3, 0.4) is 0 Å². The summed E-state index contributed by atoms with van der Waals surface area (Å²) in [5, 5.41) is 8.12. The van der Waals surface area contributed by atoms with Crippen LogP contribution in [0.5, 0.6) is 0 Å². The minimum absolute atomic E-state index is 0.0936. The predicted octanol–water partition coefficient (Wildman–Crippen LogP) is 5.47. The van der Waals surface area contributed by atoms with Crippen molar-refractivity contribution in [1.82, 2.24) is 9.78 Å². The molecule has 0 fully saturated rings. The van der Waals surface area contributed by atoms with Gasteiger partial charge in [-0.2, -0.15) is 0 Å². The maximum absolute atomic E-state index is 13.4. The monoisotopic (exact) mass is 377 g/mol. The number of carbonyl (C=O) groups is 1. The number of halogens is 1. The molecule has 1 aliphatic carbocycles. The lowest BCUT2D eigenvalue weighted by Crippen LogP contribution is -2.28. The first-order valence-corrected chi connectivity index (χ1v) is 9.64. The molecule has 0 radical (unpaired) electrons. The van der Waals surface area contributed by atoms with Gasteiger partial charge in [0.2, 0.25) is 0 Å². The number of nitrogens with zero attached hydrogens (tertiary/aromatic N) is 2. The summed E-state index contributed by atoms with van der Waals surface area (Å²) in [5.41, 5.74) is 4.25. The fourth-order valence-corrected chi connectivity index (χ4v) is 3.91. The number of carbonyl (C=O) groups excluding carboxylic acids is 1. The van der Waals surface area contributed by atoms with Gasteiger partial charge in [0.1, 0.15) is 5.82 Å². The van der Waals surface area contributed by atoms with Crippen LogP contribution in [0.25, 0.3) is 5.69 Å². The van der Waals surface area contributed by atoms with Gasteiger partial charge in [-0.25, -0.2) is 9.07 Å². The van der Waals surface area contributed by atoms with Crippen LogP contribution < -0.4 is 5.32 Å². The third kappa shape index (κ3) is 3.33. The van der Waals surface area contributed by atoms with E-state index in [-0.39, 0.29) is 17.0 Å². The normalized spacial score (nSPS) is 15.4. The minimum Gasteiger partial charge on any atom is -0.338 e. The average Bonchev–Trinajstić information content (AvgIpc) is 3.00. The summed E-state index contributed by atoms with van der Waals surface area (Å²) in [7, 11) is 0. The summed E-state index contributed by atoms with van der Waals surface area (Å²) in [6.07, 6.45) is 2.10. The fourth-order valence-electron chi connectivity index (χ4n) is 3.91. The molecule has 0 unspecified atom stereocenters. The number of ketones is 1. The lowest BCUT2D eigenvalue weighted by atomic mass is 9.76. The van der Waals surface area contributed by atoms with Crippen molar-refractivity contribution >= 4 is 17.3 Å². The zero-order valence-electron chi connectivity index (χ0n) is 16.4. The molecule has 1 heterocycles. The summed E-state index contributed by atoms with van der Waals surface area (Å²) in [5.74, 6) is 0.369. The van der Waals surface area contributed by atoms with E-state index in [4.69, 9.17) is 5.10 Å². The van der Waals surface area contributed by atoms with Crippen molar-refractivity contribution in [3.05, 3.63) is 71.2 Å². The highest BCUT2D eigenvalue weighted by atomic mass is 19.1. The largest absolute Gasteiger partial charge is 0.338 e. The second-order valence-corrected chi connectivity index (χ2v) is 8.14. The van der Waals surface area contributed by atoms with Gasteiger partial charge in [-0.3, -0.25) is 4.79 Å². The molecule has 0 aliphatic heterocycles. The Kier molecular flexibility index (Phi) is 4.53. The second kappa shape index (κ2) is 6.89. The number of nitrogens with one attached hydrogen (secondary N) is 1. The number of aromatic nitrogens is 2. The first kappa shape index (κ1) is 18.4. The number of para-hydroxylation sites is 1. The van der Waals surface area contributed by atoms with Crippen LogP contribution in [0.2, 0.25) is 0 Å². The van der Waals surface area contributed by atoms with Crippen LogP contribution in [0.15, 0.2) is 48.5 Å². The van der Waals surface area contributed by atoms with E-state index in [1.54, 1.807) is 16.8 Å². The molecular formula is C23H24FN3O. The van der Waals surface area contributed by atoms with Gasteiger partial charge in [-0.05, 0) is 54.2 Å². The van der Waals surface area contributed by atoms with Crippen molar-refractivity contribution in [2.45, 2.75) is 40.0 Å². The van der Waals surface area contributed by atoms with Crippen molar-refractivity contribution in [1.29, 1.82) is 0 Å². The van der Waals surface area contributed by atoms with Gasteiger partial charge < -0.3 is 5.32 Å². The minimum atomic E-state index is -0.295. The molecule has 4 nitrogen and oxygen atoms in total. The van der Waals surface area contributed by atoms with Crippen LogP contribution in [0.1, 0.15) is 48.8 Å². The van der Waals surface area contributed by atoms with Crippen LogP contribution in [-0.2, 0) is 12.8 Å². The Hall–Kier alpha value is -2.95. The highest BCUT2D eigenvalue weighted by Crippen LogP contribution is 2.39. The summed E-state index contributed by atoms with van der Waals surface area (Å²) in [4.78, 5) is 13.0. The number of benzene rings is 2. The Morgan fingerprint density at radius 3 is 2.54 bits per heavy atom. The number of rotatable bonds is 4. The summed E-state index contributed by atoms with van der Waals surface area (Å²) in [6.45, 7) is 6.28. The van der Waals surface area contributed by atoms with E-state index in [1.165, 1.54) is 12.1 Å². The maximum Gasteiger partial charge on any atom is 0.169 e. The number of hydrogen-bond donors (Lipinski definition) is 1. The van der Waals surface area contributed by atoms with Crippen LogP contribution in [0.4, 0.5) is 15.9 Å². The van der Waals surface area contributed by atoms with Gasteiger partial charge in [-0.15, -0.1) is 5.10 Å². The average molecular weight is 377 g/mol. The molecule has 1 aliphatic rings. The van der Waals surface area contributed by atoms with Gasteiger partial charge >= 0.3 is 0 Å². The zero-order chi connectivity index (χ0) is 19.9. The Morgan fingerprint density at radius 2 is 1.82 bits per heavy atom. The number of anilines is 2. The molecule has 28 heavy (non-hydrogen) atoms. The molecule has 0 atom stereocenters. The van der Waals surface area contributed by atoms with E-state index in [0.29, 0.717) is 17.8 Å². The topological polar surface area (TPSA) is 46.9 Å². The second-order valence-electron chi connectivity index (χ2n) is 8.14. The van der Waals surface area contributed by atoms with E-state index < -0.39 is 0 Å². The molecule has 1 N–H and O–H groups in total. The molecule has 0 saturated heterocycles. The summed E-state index contributed by atoms with van der Waals surface area (Å²) in [6, 6.07) is 14.3. The third-order valence-corrected chi connectivity index (χ3v) is 5.27. The van der Waals surface area contributed by atoms with Gasteiger partial charge in [0.15, 0.2) is 11.6 Å². The molecule has 2 aromatic carbocycles. The molecule has 3 aromatic rings. The Bertz CT molecular complexity index is 1030. The van der Waals surface area contributed by atoms with Crippen molar-refractivity contribution in [2.75, 3.05) is 5.32 Å². The van der Waals surface area contributed by atoms with E-state index in [2.05, 4.69) is 32.2 Å². The predicted molar refractivity (Wildman–Crippen MR) is 109 cm³/mol. The van der Waals surface area contributed by atoms with Gasteiger partial charge in [0.05, 0.1) is 16.9 Å². The summed E-state index contributed by atoms with van der Waals surface area (Å²) < 4.78 is 15.2. The Labute approximate surface area is 164 Å². The molecule has 0 spiro atoms. The van der Waals surface area contributed by atoms with E-state index in [9.17, 15) is 9.18 Å². The van der Waals surface area contributed by atoms with Gasteiger partial charge in [0.25, 0.3) is 0 Å². The smallest absolute Gasteiger partial charge is 0.169 e. The Morgan fingerprint density at radius 1 is 1.11 bits per heavy atom. The highest BCUT2D eigenvalue weighted by molar-refractivity contribution is 6.03. The Balaban J connectivity index is 1.86. The number of aryl methyl sites for hydroxylation is 1. The number of Topliss-reactive ketones (excluding diaryl/α,β-unsaturated/α-hetero) is 1. The molecular weight excluding hydrogens is 353 g/mol. The van der Waals surface area contributed by atoms with Crippen LogP contribution in [-0.4, -0.2) is 15.6 Å².